The highest BCUT2D eigenvalue weighted by Gasteiger charge is 2.13. The van der Waals surface area contributed by atoms with Gasteiger partial charge in [0.05, 0.1) is 0 Å². The molecule has 0 fully saturated rings. The zero-order valence-electron chi connectivity index (χ0n) is 14.9. The molecular weight excluding hydrogens is 324 g/mol. The van der Waals surface area contributed by atoms with Crippen molar-refractivity contribution in [1.29, 1.82) is 0 Å². The summed E-state index contributed by atoms with van der Waals surface area (Å²) in [5.41, 5.74) is 1.75. The van der Waals surface area contributed by atoms with Gasteiger partial charge in [-0.25, -0.2) is 0 Å². The molecular formula is C22H24N2O2. The average Bonchev–Trinajstić information content (AvgIpc) is 2.68. The first-order valence-electron chi connectivity index (χ1n) is 8.78. The molecule has 0 aromatic heterocycles. The first kappa shape index (κ1) is 19.2. The number of amides is 2. The van der Waals surface area contributed by atoms with E-state index in [1.807, 2.05) is 42.5 Å². The fourth-order valence-electron chi connectivity index (χ4n) is 2.25. The Hall–Kier alpha value is -3.14. The van der Waals surface area contributed by atoms with Gasteiger partial charge in [0.1, 0.15) is 5.70 Å². The lowest BCUT2D eigenvalue weighted by molar-refractivity contribution is -0.117. The zero-order valence-corrected chi connectivity index (χ0v) is 14.9. The van der Waals surface area contributed by atoms with Gasteiger partial charge in [0.15, 0.2) is 0 Å². The second kappa shape index (κ2) is 10.7. The molecule has 0 atom stereocenters. The van der Waals surface area contributed by atoms with E-state index in [2.05, 4.69) is 17.6 Å². The molecule has 4 heteroatoms. The van der Waals surface area contributed by atoms with Crippen LogP contribution in [-0.4, -0.2) is 18.4 Å². The molecule has 0 radical (unpaired) electrons. The van der Waals surface area contributed by atoms with Crippen molar-refractivity contribution in [2.75, 3.05) is 6.54 Å². The van der Waals surface area contributed by atoms with Crippen LogP contribution in [-0.2, 0) is 4.79 Å². The van der Waals surface area contributed by atoms with Gasteiger partial charge >= 0.3 is 0 Å². The van der Waals surface area contributed by atoms with E-state index < -0.39 is 0 Å². The second-order valence-electron chi connectivity index (χ2n) is 5.78. The van der Waals surface area contributed by atoms with Gasteiger partial charge in [0.25, 0.3) is 11.8 Å². The number of carbonyl (C=O) groups excluding carboxylic acids is 2. The monoisotopic (exact) mass is 348 g/mol. The highest BCUT2D eigenvalue weighted by molar-refractivity contribution is 6.03. The second-order valence-corrected chi connectivity index (χ2v) is 5.78. The summed E-state index contributed by atoms with van der Waals surface area (Å²) >= 11 is 0. The molecule has 0 aliphatic carbocycles. The fourth-order valence-corrected chi connectivity index (χ4v) is 2.25. The number of unbranched alkanes of at least 4 members (excludes halogenated alkanes) is 1. The molecule has 0 spiro atoms. The summed E-state index contributed by atoms with van der Waals surface area (Å²) in [6, 6.07) is 18.6. The van der Waals surface area contributed by atoms with Crippen molar-refractivity contribution in [3.05, 3.63) is 89.6 Å². The summed E-state index contributed by atoms with van der Waals surface area (Å²) in [5, 5.41) is 5.54. The molecule has 2 rings (SSSR count). The van der Waals surface area contributed by atoms with Gasteiger partial charge in [-0.3, -0.25) is 9.59 Å². The lowest BCUT2D eigenvalue weighted by atomic mass is 10.2. The first-order valence-corrected chi connectivity index (χ1v) is 8.78. The number of hydrogen-bond acceptors (Lipinski definition) is 2. The lowest BCUT2D eigenvalue weighted by Crippen LogP contribution is -2.35. The van der Waals surface area contributed by atoms with Gasteiger partial charge < -0.3 is 10.6 Å². The Morgan fingerprint density at radius 1 is 0.962 bits per heavy atom. The third kappa shape index (κ3) is 6.40. The minimum Gasteiger partial charge on any atom is -0.351 e. The summed E-state index contributed by atoms with van der Waals surface area (Å²) in [6.07, 6.45) is 7.15. The van der Waals surface area contributed by atoms with Gasteiger partial charge in [0.2, 0.25) is 0 Å². The molecule has 134 valence electrons. The van der Waals surface area contributed by atoms with Crippen LogP contribution in [0.25, 0.3) is 6.08 Å². The maximum atomic E-state index is 12.4. The van der Waals surface area contributed by atoms with Crippen molar-refractivity contribution < 1.29 is 9.59 Å². The Labute approximate surface area is 154 Å². The maximum Gasteiger partial charge on any atom is 0.267 e. The minimum absolute atomic E-state index is 0.224. The molecule has 26 heavy (non-hydrogen) atoms. The van der Waals surface area contributed by atoms with E-state index in [-0.39, 0.29) is 17.5 Å². The van der Waals surface area contributed by atoms with Crippen LogP contribution in [0.4, 0.5) is 0 Å². The molecule has 0 aliphatic heterocycles. The third-order valence-electron chi connectivity index (χ3n) is 3.70. The van der Waals surface area contributed by atoms with Crippen molar-refractivity contribution >= 4 is 17.9 Å². The fraction of sp³-hybridized carbons (Fsp3) is 0.182. The van der Waals surface area contributed by atoms with E-state index in [0.717, 1.165) is 18.4 Å². The Bertz CT molecular complexity index is 765. The largest absolute Gasteiger partial charge is 0.351 e. The van der Waals surface area contributed by atoms with Crippen molar-refractivity contribution in [3.8, 4) is 0 Å². The van der Waals surface area contributed by atoms with Gasteiger partial charge in [-0.2, -0.15) is 0 Å². The van der Waals surface area contributed by atoms with Crippen molar-refractivity contribution in [2.45, 2.75) is 19.8 Å². The molecule has 2 amide bonds. The van der Waals surface area contributed by atoms with Crippen LogP contribution < -0.4 is 10.6 Å². The molecule has 0 aliphatic rings. The van der Waals surface area contributed by atoms with Gasteiger partial charge in [-0.1, -0.05) is 74.0 Å². The normalized spacial score (nSPS) is 11.3. The van der Waals surface area contributed by atoms with E-state index in [1.165, 1.54) is 0 Å². The number of allylic oxidation sites excluding steroid dienone is 2. The minimum atomic E-state index is -0.310. The number of hydrogen-bond donors (Lipinski definition) is 2. The highest BCUT2D eigenvalue weighted by atomic mass is 16.2. The smallest absolute Gasteiger partial charge is 0.267 e. The summed E-state index contributed by atoms with van der Waals surface area (Å²) in [6.45, 7) is 2.64. The van der Waals surface area contributed by atoms with Gasteiger partial charge in [-0.15, -0.1) is 0 Å². The van der Waals surface area contributed by atoms with E-state index >= 15 is 0 Å². The lowest BCUT2D eigenvalue weighted by Gasteiger charge is -2.10. The number of benzene rings is 2. The number of rotatable bonds is 8. The first-order chi connectivity index (χ1) is 12.7. The molecule has 0 heterocycles. The molecule has 2 N–H and O–H groups in total. The third-order valence-corrected chi connectivity index (χ3v) is 3.70. The van der Waals surface area contributed by atoms with Crippen molar-refractivity contribution in [3.63, 3.8) is 0 Å². The van der Waals surface area contributed by atoms with E-state index in [0.29, 0.717) is 12.1 Å². The molecule has 0 saturated carbocycles. The summed E-state index contributed by atoms with van der Waals surface area (Å²) < 4.78 is 0. The zero-order chi connectivity index (χ0) is 18.6. The van der Waals surface area contributed by atoms with Gasteiger partial charge in [-0.05, 0) is 30.2 Å². The van der Waals surface area contributed by atoms with Crippen LogP contribution in [0.5, 0.6) is 0 Å². The van der Waals surface area contributed by atoms with Crippen LogP contribution in [0.1, 0.15) is 35.7 Å². The van der Waals surface area contributed by atoms with Crippen LogP contribution >= 0.6 is 0 Å². The molecule has 2 aromatic carbocycles. The van der Waals surface area contributed by atoms with Crippen molar-refractivity contribution in [1.82, 2.24) is 10.6 Å². The predicted octanol–water partition coefficient (Wildman–Crippen LogP) is 3.93. The molecule has 0 saturated heterocycles. The quantitative estimate of drug-likeness (QED) is 0.431. The Kier molecular flexibility index (Phi) is 7.87. The summed E-state index contributed by atoms with van der Waals surface area (Å²) in [5.74, 6) is -0.601. The SMILES string of the molecule is CCCCNC(=O)/C(=C/C=C/c1ccccc1)NC(=O)c1ccccc1. The number of carbonyl (C=O) groups is 2. The van der Waals surface area contributed by atoms with E-state index in [4.69, 9.17) is 0 Å². The van der Waals surface area contributed by atoms with E-state index in [1.54, 1.807) is 36.4 Å². The Morgan fingerprint density at radius 3 is 2.27 bits per heavy atom. The maximum absolute atomic E-state index is 12.4. The highest BCUT2D eigenvalue weighted by Crippen LogP contribution is 2.04. The molecule has 0 unspecified atom stereocenters. The van der Waals surface area contributed by atoms with Crippen molar-refractivity contribution in [2.24, 2.45) is 0 Å². The molecule has 0 bridgehead atoms. The van der Waals surface area contributed by atoms with Crippen LogP contribution in [0, 0.1) is 0 Å². The molecule has 2 aromatic rings. The van der Waals surface area contributed by atoms with Gasteiger partial charge in [0, 0.05) is 12.1 Å². The molecule has 4 nitrogen and oxygen atoms in total. The van der Waals surface area contributed by atoms with Crippen LogP contribution in [0.2, 0.25) is 0 Å². The standard InChI is InChI=1S/C22H24N2O2/c1-2-3-17-23-22(26)20(16-10-13-18-11-6-4-7-12-18)24-21(25)19-14-8-5-9-15-19/h4-16H,2-3,17H2,1H3,(H,23,26)(H,24,25)/b13-10+,20-16-. The number of nitrogens with one attached hydrogen (secondary N) is 2. The Morgan fingerprint density at radius 2 is 1.62 bits per heavy atom. The van der Waals surface area contributed by atoms with E-state index in [9.17, 15) is 9.59 Å². The average molecular weight is 348 g/mol. The van der Waals surface area contributed by atoms with Crippen LogP contribution in [0.15, 0.2) is 78.5 Å². The summed E-state index contributed by atoms with van der Waals surface area (Å²) in [7, 11) is 0. The Balaban J connectivity index is 2.12. The summed E-state index contributed by atoms with van der Waals surface area (Å²) in [4.78, 5) is 24.8. The predicted molar refractivity (Wildman–Crippen MR) is 105 cm³/mol. The van der Waals surface area contributed by atoms with Crippen LogP contribution in [0.3, 0.4) is 0 Å². The topological polar surface area (TPSA) is 58.2 Å².